The minimum atomic E-state index is -0.171. The second-order valence-corrected chi connectivity index (χ2v) is 2.76. The molecule has 0 fully saturated rings. The Kier molecular flexibility index (Phi) is 6.81. The molecule has 0 heterocycles. The summed E-state index contributed by atoms with van der Waals surface area (Å²) in [5.41, 5.74) is 0.971. The average molecular weight is 192 g/mol. The predicted molar refractivity (Wildman–Crippen MR) is 49.4 cm³/mol. The molecule has 0 unspecified atom stereocenters. The SMILES string of the molecule is C=C(C)COCCNC(=O)CCl. The zero-order valence-corrected chi connectivity index (χ0v) is 7.99. The summed E-state index contributed by atoms with van der Waals surface area (Å²) < 4.78 is 5.13. The van der Waals surface area contributed by atoms with Gasteiger partial charge in [0.25, 0.3) is 0 Å². The molecule has 0 radical (unpaired) electrons. The Bertz CT molecular complexity index is 159. The van der Waals surface area contributed by atoms with Crippen molar-refractivity contribution in [1.82, 2.24) is 5.32 Å². The average Bonchev–Trinajstić information content (AvgIpc) is 2.03. The number of carbonyl (C=O) groups excluding carboxylic acids is 1. The van der Waals surface area contributed by atoms with E-state index in [-0.39, 0.29) is 11.8 Å². The monoisotopic (exact) mass is 191 g/mol. The van der Waals surface area contributed by atoms with Gasteiger partial charge in [0.1, 0.15) is 5.88 Å². The summed E-state index contributed by atoms with van der Waals surface area (Å²) >= 11 is 5.25. The summed E-state index contributed by atoms with van der Waals surface area (Å²) in [5.74, 6) is -0.170. The lowest BCUT2D eigenvalue weighted by Crippen LogP contribution is -2.28. The van der Waals surface area contributed by atoms with Crippen molar-refractivity contribution in [3.05, 3.63) is 12.2 Å². The zero-order valence-electron chi connectivity index (χ0n) is 7.23. The van der Waals surface area contributed by atoms with Crippen LogP contribution in [-0.4, -0.2) is 31.5 Å². The Hall–Kier alpha value is -0.540. The largest absolute Gasteiger partial charge is 0.375 e. The summed E-state index contributed by atoms with van der Waals surface area (Å²) in [6.07, 6.45) is 0. The Morgan fingerprint density at radius 2 is 2.33 bits per heavy atom. The maximum absolute atomic E-state index is 10.6. The van der Waals surface area contributed by atoms with E-state index in [9.17, 15) is 4.79 Å². The van der Waals surface area contributed by atoms with Gasteiger partial charge in [-0.1, -0.05) is 12.2 Å². The van der Waals surface area contributed by atoms with E-state index in [4.69, 9.17) is 16.3 Å². The molecular weight excluding hydrogens is 178 g/mol. The first-order chi connectivity index (χ1) is 5.66. The number of nitrogens with one attached hydrogen (secondary N) is 1. The van der Waals surface area contributed by atoms with Gasteiger partial charge in [-0.05, 0) is 6.92 Å². The van der Waals surface area contributed by atoms with Crippen molar-refractivity contribution >= 4 is 17.5 Å². The lowest BCUT2D eigenvalue weighted by molar-refractivity contribution is -0.118. The number of alkyl halides is 1. The topological polar surface area (TPSA) is 38.3 Å². The Labute approximate surface area is 77.7 Å². The molecule has 0 aromatic rings. The second-order valence-electron chi connectivity index (χ2n) is 2.49. The van der Waals surface area contributed by atoms with E-state index in [1.807, 2.05) is 6.92 Å². The fourth-order valence-corrected chi connectivity index (χ4v) is 0.651. The Morgan fingerprint density at radius 1 is 1.67 bits per heavy atom. The zero-order chi connectivity index (χ0) is 9.40. The molecule has 1 N–H and O–H groups in total. The highest BCUT2D eigenvalue weighted by Gasteiger charge is 1.95. The summed E-state index contributed by atoms with van der Waals surface area (Å²) in [4.78, 5) is 10.6. The first-order valence-electron chi connectivity index (χ1n) is 3.71. The number of rotatable bonds is 6. The van der Waals surface area contributed by atoms with Crippen LogP contribution in [0.4, 0.5) is 0 Å². The van der Waals surface area contributed by atoms with E-state index < -0.39 is 0 Å². The van der Waals surface area contributed by atoms with Crippen LogP contribution in [-0.2, 0) is 9.53 Å². The highest BCUT2D eigenvalue weighted by molar-refractivity contribution is 6.27. The van der Waals surface area contributed by atoms with Crippen LogP contribution in [0.2, 0.25) is 0 Å². The van der Waals surface area contributed by atoms with Crippen LogP contribution in [0.3, 0.4) is 0 Å². The van der Waals surface area contributed by atoms with Gasteiger partial charge in [0, 0.05) is 6.54 Å². The summed E-state index contributed by atoms with van der Waals surface area (Å²) in [5, 5.41) is 2.58. The van der Waals surface area contributed by atoms with Crippen LogP contribution in [0.15, 0.2) is 12.2 Å². The molecule has 0 aliphatic rings. The second kappa shape index (κ2) is 7.13. The summed E-state index contributed by atoms with van der Waals surface area (Å²) in [7, 11) is 0. The smallest absolute Gasteiger partial charge is 0.235 e. The fourth-order valence-electron chi connectivity index (χ4n) is 0.556. The van der Waals surface area contributed by atoms with Crippen LogP contribution in [0.25, 0.3) is 0 Å². The molecule has 0 aliphatic carbocycles. The van der Waals surface area contributed by atoms with Gasteiger partial charge in [-0.25, -0.2) is 0 Å². The molecule has 0 rings (SSSR count). The van der Waals surface area contributed by atoms with E-state index in [2.05, 4.69) is 11.9 Å². The van der Waals surface area contributed by atoms with Crippen LogP contribution >= 0.6 is 11.6 Å². The lowest BCUT2D eigenvalue weighted by atomic mass is 10.4. The van der Waals surface area contributed by atoms with Crippen molar-refractivity contribution in [2.24, 2.45) is 0 Å². The van der Waals surface area contributed by atoms with Gasteiger partial charge in [0.15, 0.2) is 0 Å². The van der Waals surface area contributed by atoms with Crippen molar-refractivity contribution in [3.63, 3.8) is 0 Å². The van der Waals surface area contributed by atoms with Gasteiger partial charge >= 0.3 is 0 Å². The van der Waals surface area contributed by atoms with E-state index >= 15 is 0 Å². The molecule has 0 saturated carbocycles. The molecule has 3 nitrogen and oxygen atoms in total. The van der Waals surface area contributed by atoms with Gasteiger partial charge in [0.2, 0.25) is 5.91 Å². The molecule has 12 heavy (non-hydrogen) atoms. The van der Waals surface area contributed by atoms with Crippen molar-refractivity contribution in [2.45, 2.75) is 6.92 Å². The van der Waals surface area contributed by atoms with Gasteiger partial charge < -0.3 is 10.1 Å². The number of carbonyl (C=O) groups is 1. The third-order valence-electron chi connectivity index (χ3n) is 1.04. The van der Waals surface area contributed by atoms with Crippen LogP contribution < -0.4 is 5.32 Å². The normalized spacial score (nSPS) is 9.50. The molecule has 0 aromatic heterocycles. The molecule has 0 atom stereocenters. The summed E-state index contributed by atoms with van der Waals surface area (Å²) in [6.45, 7) is 7.09. The number of amides is 1. The van der Waals surface area contributed by atoms with Crippen molar-refractivity contribution in [3.8, 4) is 0 Å². The standard InChI is InChI=1S/C8H14ClNO2/c1-7(2)6-12-4-3-10-8(11)5-9/h1,3-6H2,2H3,(H,10,11). The van der Waals surface area contributed by atoms with Crippen LogP contribution in [0.5, 0.6) is 0 Å². The molecule has 0 aliphatic heterocycles. The number of halogens is 1. The maximum Gasteiger partial charge on any atom is 0.235 e. The number of hydrogen-bond donors (Lipinski definition) is 1. The van der Waals surface area contributed by atoms with E-state index in [0.29, 0.717) is 19.8 Å². The van der Waals surface area contributed by atoms with Crippen molar-refractivity contribution in [1.29, 1.82) is 0 Å². The molecule has 70 valence electrons. The van der Waals surface area contributed by atoms with Crippen molar-refractivity contribution < 1.29 is 9.53 Å². The molecule has 0 spiro atoms. The van der Waals surface area contributed by atoms with E-state index in [0.717, 1.165) is 5.57 Å². The number of ether oxygens (including phenoxy) is 1. The predicted octanol–water partition coefficient (Wildman–Crippen LogP) is 0.934. The third kappa shape index (κ3) is 7.57. The van der Waals surface area contributed by atoms with Gasteiger partial charge in [-0.15, -0.1) is 11.6 Å². The quantitative estimate of drug-likeness (QED) is 0.386. The molecule has 0 aromatic carbocycles. The molecule has 0 saturated heterocycles. The maximum atomic E-state index is 10.6. The van der Waals surface area contributed by atoms with E-state index in [1.54, 1.807) is 0 Å². The minimum absolute atomic E-state index is 0.000482. The first kappa shape index (κ1) is 11.5. The fraction of sp³-hybridized carbons (Fsp3) is 0.625. The van der Waals surface area contributed by atoms with Crippen LogP contribution in [0, 0.1) is 0 Å². The first-order valence-corrected chi connectivity index (χ1v) is 4.25. The summed E-state index contributed by atoms with van der Waals surface area (Å²) in [6, 6.07) is 0. The lowest BCUT2D eigenvalue weighted by Gasteiger charge is -2.04. The highest BCUT2D eigenvalue weighted by atomic mass is 35.5. The molecular formula is C8H14ClNO2. The molecule has 4 heteroatoms. The highest BCUT2D eigenvalue weighted by Crippen LogP contribution is 1.86. The van der Waals surface area contributed by atoms with Gasteiger partial charge in [-0.3, -0.25) is 4.79 Å². The Morgan fingerprint density at radius 3 is 2.83 bits per heavy atom. The van der Waals surface area contributed by atoms with Crippen molar-refractivity contribution in [2.75, 3.05) is 25.6 Å². The number of hydrogen-bond acceptors (Lipinski definition) is 2. The van der Waals surface area contributed by atoms with Crippen LogP contribution in [0.1, 0.15) is 6.92 Å². The van der Waals surface area contributed by atoms with E-state index in [1.165, 1.54) is 0 Å². The molecule has 1 amide bonds. The van der Waals surface area contributed by atoms with Gasteiger partial charge in [-0.2, -0.15) is 0 Å². The third-order valence-corrected chi connectivity index (χ3v) is 1.28. The minimum Gasteiger partial charge on any atom is -0.375 e. The van der Waals surface area contributed by atoms with Gasteiger partial charge in [0.05, 0.1) is 13.2 Å². The molecule has 0 bridgehead atoms. The Balaban J connectivity index is 3.11.